The van der Waals surface area contributed by atoms with Gasteiger partial charge in [-0.2, -0.15) is 0 Å². The molecule has 206 valence electrons. The molecule has 0 saturated heterocycles. The standard InChI is InChI=1S/C30H38O8/c1-23(2)29(31)37-27(21-35-25-13-7-5-8-14-25)19-33-17-11-12-18-34-20-28(38-30(32)24(3)4)22-36-26-15-9-6-10-16-26/h5-10,13-16,27-28H,1,3,11-12,17-22H2,2,4H3. The van der Waals surface area contributed by atoms with Gasteiger partial charge in [0.05, 0.1) is 13.2 Å². The van der Waals surface area contributed by atoms with Gasteiger partial charge in [0.1, 0.15) is 24.7 Å². The van der Waals surface area contributed by atoms with Gasteiger partial charge in [-0.15, -0.1) is 0 Å². The lowest BCUT2D eigenvalue weighted by Gasteiger charge is -2.19. The largest absolute Gasteiger partial charge is 0.490 e. The molecule has 38 heavy (non-hydrogen) atoms. The van der Waals surface area contributed by atoms with Gasteiger partial charge in [-0.05, 0) is 51.0 Å². The molecule has 0 aliphatic carbocycles. The summed E-state index contributed by atoms with van der Waals surface area (Å²) in [5, 5.41) is 0. The predicted octanol–water partition coefficient (Wildman–Crippen LogP) is 4.93. The highest BCUT2D eigenvalue weighted by molar-refractivity contribution is 5.87. The maximum atomic E-state index is 12.0. The summed E-state index contributed by atoms with van der Waals surface area (Å²) >= 11 is 0. The summed E-state index contributed by atoms with van der Waals surface area (Å²) < 4.78 is 33.7. The van der Waals surface area contributed by atoms with Crippen molar-refractivity contribution in [2.75, 3.05) is 39.6 Å². The SMILES string of the molecule is C=C(C)C(=O)OC(COCCCCOCC(COc1ccccc1)OC(=O)C(=C)C)COc1ccccc1. The molecular formula is C30H38O8. The second kappa shape index (κ2) is 17.8. The predicted molar refractivity (Wildman–Crippen MR) is 144 cm³/mol. The first-order valence-electron chi connectivity index (χ1n) is 12.6. The van der Waals surface area contributed by atoms with Gasteiger partial charge in [-0.25, -0.2) is 9.59 Å². The van der Waals surface area contributed by atoms with Gasteiger partial charge in [0.2, 0.25) is 0 Å². The molecule has 0 heterocycles. The highest BCUT2D eigenvalue weighted by Crippen LogP contribution is 2.12. The van der Waals surface area contributed by atoms with Crippen molar-refractivity contribution in [1.82, 2.24) is 0 Å². The van der Waals surface area contributed by atoms with E-state index in [4.69, 9.17) is 28.4 Å². The minimum Gasteiger partial charge on any atom is -0.490 e. The van der Waals surface area contributed by atoms with Gasteiger partial charge in [-0.1, -0.05) is 49.6 Å². The van der Waals surface area contributed by atoms with Crippen molar-refractivity contribution in [3.63, 3.8) is 0 Å². The van der Waals surface area contributed by atoms with Crippen molar-refractivity contribution in [3.8, 4) is 11.5 Å². The lowest BCUT2D eigenvalue weighted by molar-refractivity contribution is -0.150. The molecule has 0 radical (unpaired) electrons. The number of unbranched alkanes of at least 4 members (excludes halogenated alkanes) is 1. The van der Waals surface area contributed by atoms with Crippen LogP contribution in [0, 0.1) is 0 Å². The highest BCUT2D eigenvalue weighted by atomic mass is 16.6. The lowest BCUT2D eigenvalue weighted by Crippen LogP contribution is -2.30. The van der Waals surface area contributed by atoms with E-state index in [-0.39, 0.29) is 26.4 Å². The monoisotopic (exact) mass is 526 g/mol. The third-order valence-electron chi connectivity index (χ3n) is 5.04. The van der Waals surface area contributed by atoms with Gasteiger partial charge in [0, 0.05) is 24.4 Å². The summed E-state index contributed by atoms with van der Waals surface area (Å²) in [5.41, 5.74) is 0.626. The van der Waals surface area contributed by atoms with Crippen LogP contribution in [0.5, 0.6) is 11.5 Å². The van der Waals surface area contributed by atoms with Crippen LogP contribution in [0.2, 0.25) is 0 Å². The van der Waals surface area contributed by atoms with E-state index in [9.17, 15) is 9.59 Å². The number of carbonyl (C=O) groups excluding carboxylic acids is 2. The summed E-state index contributed by atoms with van der Waals surface area (Å²) in [5.74, 6) is 0.397. The Kier molecular flexibility index (Phi) is 14.3. The van der Waals surface area contributed by atoms with Crippen LogP contribution in [0.25, 0.3) is 0 Å². The fourth-order valence-electron chi connectivity index (χ4n) is 2.99. The Morgan fingerprint density at radius 3 is 1.34 bits per heavy atom. The van der Waals surface area contributed by atoms with Gasteiger partial charge >= 0.3 is 11.9 Å². The van der Waals surface area contributed by atoms with Crippen molar-refractivity contribution >= 4 is 11.9 Å². The van der Waals surface area contributed by atoms with E-state index < -0.39 is 24.1 Å². The molecule has 2 atom stereocenters. The highest BCUT2D eigenvalue weighted by Gasteiger charge is 2.18. The molecule has 2 unspecified atom stereocenters. The summed E-state index contributed by atoms with van der Waals surface area (Å²) in [6.45, 7) is 12.1. The summed E-state index contributed by atoms with van der Waals surface area (Å²) in [6.07, 6.45) is 0.336. The fraction of sp³-hybridized carbons (Fsp3) is 0.400. The van der Waals surface area contributed by atoms with Gasteiger partial charge in [0.25, 0.3) is 0 Å². The summed E-state index contributed by atoms with van der Waals surface area (Å²) in [7, 11) is 0. The van der Waals surface area contributed by atoms with Crippen LogP contribution in [0.3, 0.4) is 0 Å². The molecule has 0 aliphatic heterocycles. The van der Waals surface area contributed by atoms with E-state index >= 15 is 0 Å². The number of hydrogen-bond acceptors (Lipinski definition) is 8. The van der Waals surface area contributed by atoms with Gasteiger partial charge in [-0.3, -0.25) is 0 Å². The number of para-hydroxylation sites is 2. The molecule has 8 nitrogen and oxygen atoms in total. The molecule has 0 N–H and O–H groups in total. The zero-order chi connectivity index (χ0) is 27.6. The smallest absolute Gasteiger partial charge is 0.333 e. The summed E-state index contributed by atoms with van der Waals surface area (Å²) in [6, 6.07) is 18.6. The Hall–Kier alpha value is -3.62. The van der Waals surface area contributed by atoms with Crippen molar-refractivity contribution in [1.29, 1.82) is 0 Å². The third kappa shape index (κ3) is 13.1. The van der Waals surface area contributed by atoms with Crippen LogP contribution in [0.1, 0.15) is 26.7 Å². The van der Waals surface area contributed by atoms with Crippen molar-refractivity contribution in [3.05, 3.63) is 85.0 Å². The van der Waals surface area contributed by atoms with Crippen molar-refractivity contribution in [2.24, 2.45) is 0 Å². The third-order valence-corrected chi connectivity index (χ3v) is 5.04. The molecule has 0 bridgehead atoms. The van der Waals surface area contributed by atoms with Crippen LogP contribution in [0.4, 0.5) is 0 Å². The minimum absolute atomic E-state index is 0.168. The van der Waals surface area contributed by atoms with Gasteiger partial charge < -0.3 is 28.4 Å². The van der Waals surface area contributed by atoms with Crippen LogP contribution in [-0.4, -0.2) is 63.8 Å². The Balaban J connectivity index is 1.67. The topological polar surface area (TPSA) is 89.5 Å². The molecule has 2 aromatic rings. The average molecular weight is 527 g/mol. The van der Waals surface area contributed by atoms with Crippen LogP contribution in [-0.2, 0) is 28.5 Å². The van der Waals surface area contributed by atoms with Crippen molar-refractivity contribution < 1.29 is 38.0 Å². The number of esters is 2. The Labute approximate surface area is 225 Å². The number of rotatable bonds is 19. The zero-order valence-electron chi connectivity index (χ0n) is 22.3. The molecule has 0 aliphatic rings. The number of hydrogen-bond donors (Lipinski definition) is 0. The molecule has 2 aromatic carbocycles. The first kappa shape index (κ1) is 30.6. The number of ether oxygens (including phenoxy) is 6. The molecule has 2 rings (SSSR count). The zero-order valence-corrected chi connectivity index (χ0v) is 22.3. The van der Waals surface area contributed by atoms with E-state index in [1.165, 1.54) is 0 Å². The maximum absolute atomic E-state index is 12.0. The normalized spacial score (nSPS) is 12.2. The van der Waals surface area contributed by atoms with Crippen LogP contribution in [0.15, 0.2) is 85.0 Å². The van der Waals surface area contributed by atoms with E-state index in [2.05, 4.69) is 13.2 Å². The first-order chi connectivity index (χ1) is 18.3. The molecule has 8 heteroatoms. The Morgan fingerprint density at radius 2 is 1.00 bits per heavy atom. The van der Waals surface area contributed by atoms with Crippen LogP contribution < -0.4 is 9.47 Å². The van der Waals surface area contributed by atoms with Crippen molar-refractivity contribution in [2.45, 2.75) is 38.9 Å². The summed E-state index contributed by atoms with van der Waals surface area (Å²) in [4.78, 5) is 23.9. The molecule has 0 aromatic heterocycles. The lowest BCUT2D eigenvalue weighted by atomic mass is 10.3. The Bertz CT molecular complexity index is 908. The molecule has 0 amide bonds. The fourth-order valence-corrected chi connectivity index (χ4v) is 2.99. The van der Waals surface area contributed by atoms with E-state index in [0.29, 0.717) is 35.9 Å². The second-order valence-electron chi connectivity index (χ2n) is 8.72. The van der Waals surface area contributed by atoms with E-state index in [0.717, 1.165) is 12.8 Å². The van der Waals surface area contributed by atoms with E-state index in [1.54, 1.807) is 13.8 Å². The molecule has 0 spiro atoms. The number of carbonyl (C=O) groups is 2. The van der Waals surface area contributed by atoms with E-state index in [1.807, 2.05) is 60.7 Å². The Morgan fingerprint density at radius 1 is 0.632 bits per heavy atom. The van der Waals surface area contributed by atoms with Crippen LogP contribution >= 0.6 is 0 Å². The quantitative estimate of drug-likeness (QED) is 0.145. The number of benzene rings is 2. The van der Waals surface area contributed by atoms with Gasteiger partial charge in [0.15, 0.2) is 12.2 Å². The second-order valence-corrected chi connectivity index (χ2v) is 8.72. The minimum atomic E-state index is -0.566. The average Bonchev–Trinajstić information content (AvgIpc) is 2.92. The maximum Gasteiger partial charge on any atom is 0.333 e. The molecule has 0 saturated carbocycles. The molecule has 0 fully saturated rings. The first-order valence-corrected chi connectivity index (χ1v) is 12.6. The molecular weight excluding hydrogens is 488 g/mol.